The van der Waals surface area contributed by atoms with Gasteiger partial charge in [-0.25, -0.2) is 4.79 Å². The number of Topliss-reactive ketones (excluding diaryl/α,β-unsaturated/α-hetero) is 1. The van der Waals surface area contributed by atoms with Crippen LogP contribution in [0, 0.1) is 0 Å². The van der Waals surface area contributed by atoms with Gasteiger partial charge >= 0.3 is 6.03 Å². The summed E-state index contributed by atoms with van der Waals surface area (Å²) in [6.07, 6.45) is 0. The Bertz CT molecular complexity index is 654. The van der Waals surface area contributed by atoms with Gasteiger partial charge < -0.3 is 15.0 Å². The maximum atomic E-state index is 12.0. The number of urea groups is 1. The van der Waals surface area contributed by atoms with E-state index in [0.29, 0.717) is 17.0 Å². The molecule has 0 saturated carbocycles. The molecular formula is C17H18N2O3. The molecule has 0 fully saturated rings. The van der Waals surface area contributed by atoms with E-state index in [1.807, 2.05) is 18.2 Å². The molecule has 2 aromatic carbocycles. The van der Waals surface area contributed by atoms with Gasteiger partial charge in [-0.05, 0) is 12.1 Å². The Balaban J connectivity index is 1.96. The van der Waals surface area contributed by atoms with Crippen molar-refractivity contribution in [3.63, 3.8) is 0 Å². The molecule has 0 aliphatic heterocycles. The molecule has 0 aliphatic rings. The monoisotopic (exact) mass is 298 g/mol. The van der Waals surface area contributed by atoms with Gasteiger partial charge in [0.2, 0.25) is 0 Å². The van der Waals surface area contributed by atoms with E-state index in [-0.39, 0.29) is 18.4 Å². The zero-order chi connectivity index (χ0) is 15.9. The summed E-state index contributed by atoms with van der Waals surface area (Å²) < 4.78 is 5.49. The fourth-order valence-electron chi connectivity index (χ4n) is 1.76. The lowest BCUT2D eigenvalue weighted by atomic mass is 10.1. The Morgan fingerprint density at radius 3 is 2.45 bits per heavy atom. The summed E-state index contributed by atoms with van der Waals surface area (Å²) in [7, 11) is 3.32. The molecule has 0 radical (unpaired) electrons. The van der Waals surface area contributed by atoms with E-state index in [1.165, 1.54) is 4.90 Å². The minimum absolute atomic E-state index is 0.0465. The molecule has 0 saturated heterocycles. The normalized spacial score (nSPS) is 9.91. The van der Waals surface area contributed by atoms with Crippen LogP contribution in [0.4, 0.5) is 10.5 Å². The summed E-state index contributed by atoms with van der Waals surface area (Å²) in [6.45, 7) is -0.0465. The Kier molecular flexibility index (Phi) is 5.14. The van der Waals surface area contributed by atoms with Crippen LogP contribution in [0.1, 0.15) is 10.4 Å². The Labute approximate surface area is 129 Å². The third-order valence-electron chi connectivity index (χ3n) is 2.96. The van der Waals surface area contributed by atoms with Crippen LogP contribution in [-0.2, 0) is 0 Å². The van der Waals surface area contributed by atoms with Crippen LogP contribution in [0.2, 0.25) is 0 Å². The minimum atomic E-state index is -0.225. The quantitative estimate of drug-likeness (QED) is 0.863. The number of carbonyl (C=O) groups excluding carboxylic acids is 2. The fraction of sp³-hybridized carbons (Fsp3) is 0.176. The van der Waals surface area contributed by atoms with Crippen LogP contribution in [-0.4, -0.2) is 37.4 Å². The highest BCUT2D eigenvalue weighted by Gasteiger charge is 2.07. The van der Waals surface area contributed by atoms with E-state index < -0.39 is 0 Å². The predicted octanol–water partition coefficient (Wildman–Crippen LogP) is 3.04. The SMILES string of the molecule is CN(C)C(=O)Nc1cccc(OCC(=O)c2ccccc2)c1. The van der Waals surface area contributed by atoms with E-state index >= 15 is 0 Å². The average Bonchev–Trinajstić information content (AvgIpc) is 2.53. The van der Waals surface area contributed by atoms with Crippen molar-refractivity contribution < 1.29 is 14.3 Å². The third kappa shape index (κ3) is 4.34. The maximum Gasteiger partial charge on any atom is 0.321 e. The van der Waals surface area contributed by atoms with Crippen molar-refractivity contribution in [3.8, 4) is 5.75 Å². The highest BCUT2D eigenvalue weighted by atomic mass is 16.5. The molecule has 0 unspecified atom stereocenters. The van der Waals surface area contributed by atoms with Crippen molar-refractivity contribution in [1.29, 1.82) is 0 Å². The molecule has 5 nitrogen and oxygen atoms in total. The molecule has 0 aromatic heterocycles. The second-order valence-electron chi connectivity index (χ2n) is 4.93. The molecule has 2 rings (SSSR count). The first-order valence-corrected chi connectivity index (χ1v) is 6.85. The number of ketones is 1. The number of hydrogen-bond acceptors (Lipinski definition) is 3. The van der Waals surface area contributed by atoms with Crippen LogP contribution >= 0.6 is 0 Å². The standard InChI is InChI=1S/C17H18N2O3/c1-19(2)17(21)18-14-9-6-10-15(11-14)22-12-16(20)13-7-4-3-5-8-13/h3-11H,12H2,1-2H3,(H,18,21). The first-order chi connectivity index (χ1) is 10.6. The number of benzene rings is 2. The van der Waals surface area contributed by atoms with Crippen molar-refractivity contribution in [2.45, 2.75) is 0 Å². The summed E-state index contributed by atoms with van der Waals surface area (Å²) in [4.78, 5) is 25.0. The number of nitrogens with zero attached hydrogens (tertiary/aromatic N) is 1. The van der Waals surface area contributed by atoms with Gasteiger partial charge in [0.1, 0.15) is 5.75 Å². The van der Waals surface area contributed by atoms with E-state index in [2.05, 4.69) is 5.32 Å². The molecule has 5 heteroatoms. The van der Waals surface area contributed by atoms with Crippen LogP contribution in [0.5, 0.6) is 5.75 Å². The minimum Gasteiger partial charge on any atom is -0.485 e. The van der Waals surface area contributed by atoms with Crippen molar-refractivity contribution in [3.05, 3.63) is 60.2 Å². The highest BCUT2D eigenvalue weighted by molar-refractivity contribution is 5.97. The molecular weight excluding hydrogens is 280 g/mol. The van der Waals surface area contributed by atoms with Crippen LogP contribution in [0.3, 0.4) is 0 Å². The molecule has 22 heavy (non-hydrogen) atoms. The first kappa shape index (κ1) is 15.6. The van der Waals surface area contributed by atoms with Crippen molar-refractivity contribution >= 4 is 17.5 Å². The molecule has 2 amide bonds. The molecule has 0 bridgehead atoms. The molecule has 0 spiro atoms. The Morgan fingerprint density at radius 1 is 1.05 bits per heavy atom. The smallest absolute Gasteiger partial charge is 0.321 e. The van der Waals surface area contributed by atoms with Crippen LogP contribution in [0.25, 0.3) is 0 Å². The topological polar surface area (TPSA) is 58.6 Å². The number of rotatable bonds is 5. The fourth-order valence-corrected chi connectivity index (χ4v) is 1.76. The summed E-state index contributed by atoms with van der Waals surface area (Å²) in [5, 5.41) is 2.72. The number of nitrogens with one attached hydrogen (secondary N) is 1. The molecule has 114 valence electrons. The predicted molar refractivity (Wildman–Crippen MR) is 85.4 cm³/mol. The van der Waals surface area contributed by atoms with Gasteiger partial charge in [-0.3, -0.25) is 4.79 Å². The average molecular weight is 298 g/mol. The second kappa shape index (κ2) is 7.26. The summed E-state index contributed by atoms with van der Waals surface area (Å²) in [6, 6.07) is 15.7. The molecule has 2 aromatic rings. The largest absolute Gasteiger partial charge is 0.485 e. The highest BCUT2D eigenvalue weighted by Crippen LogP contribution is 2.18. The molecule has 0 aliphatic carbocycles. The van der Waals surface area contributed by atoms with Gasteiger partial charge in [-0.1, -0.05) is 36.4 Å². The maximum absolute atomic E-state index is 12.0. The van der Waals surface area contributed by atoms with Gasteiger partial charge in [0.05, 0.1) is 0 Å². The Hall–Kier alpha value is -2.82. The number of hydrogen-bond donors (Lipinski definition) is 1. The second-order valence-corrected chi connectivity index (χ2v) is 4.93. The number of ether oxygens (including phenoxy) is 1. The zero-order valence-electron chi connectivity index (χ0n) is 12.6. The summed E-state index contributed by atoms with van der Waals surface area (Å²) in [5.74, 6) is 0.434. The lowest BCUT2D eigenvalue weighted by Gasteiger charge is -2.13. The van der Waals surface area contributed by atoms with Gasteiger partial charge in [0, 0.05) is 31.4 Å². The lowest BCUT2D eigenvalue weighted by Crippen LogP contribution is -2.27. The van der Waals surface area contributed by atoms with Crippen molar-refractivity contribution in [2.24, 2.45) is 0 Å². The summed E-state index contributed by atoms with van der Waals surface area (Å²) in [5.41, 5.74) is 1.22. The van der Waals surface area contributed by atoms with Gasteiger partial charge in [0.25, 0.3) is 0 Å². The van der Waals surface area contributed by atoms with E-state index in [9.17, 15) is 9.59 Å². The van der Waals surface area contributed by atoms with Crippen molar-refractivity contribution in [2.75, 3.05) is 26.0 Å². The number of anilines is 1. The molecule has 0 heterocycles. The van der Waals surface area contributed by atoms with E-state index in [1.54, 1.807) is 50.5 Å². The van der Waals surface area contributed by atoms with Crippen molar-refractivity contribution in [1.82, 2.24) is 4.90 Å². The van der Waals surface area contributed by atoms with Gasteiger partial charge in [0.15, 0.2) is 12.4 Å². The van der Waals surface area contributed by atoms with Gasteiger partial charge in [-0.15, -0.1) is 0 Å². The first-order valence-electron chi connectivity index (χ1n) is 6.85. The van der Waals surface area contributed by atoms with Gasteiger partial charge in [-0.2, -0.15) is 0 Å². The Morgan fingerprint density at radius 2 is 1.77 bits per heavy atom. The van der Waals surface area contributed by atoms with E-state index in [4.69, 9.17) is 4.74 Å². The van der Waals surface area contributed by atoms with Crippen LogP contribution in [0.15, 0.2) is 54.6 Å². The molecule has 1 N–H and O–H groups in total. The lowest BCUT2D eigenvalue weighted by molar-refractivity contribution is 0.0921. The van der Waals surface area contributed by atoms with Crippen LogP contribution < -0.4 is 10.1 Å². The molecule has 0 atom stereocenters. The summed E-state index contributed by atoms with van der Waals surface area (Å²) >= 11 is 0. The van der Waals surface area contributed by atoms with E-state index in [0.717, 1.165) is 0 Å². The number of carbonyl (C=O) groups is 2. The zero-order valence-corrected chi connectivity index (χ0v) is 12.6. The number of amides is 2. The third-order valence-corrected chi connectivity index (χ3v) is 2.96.